The van der Waals surface area contributed by atoms with E-state index in [1.54, 1.807) is 6.92 Å². The SMILES string of the molecule is CCOCCNC(=O)NC(C)(C(=O)O)C1CC1. The zero-order chi connectivity index (χ0) is 12.9. The number of carbonyl (C=O) groups excluding carboxylic acids is 1. The van der Waals surface area contributed by atoms with Gasteiger partial charge in [-0.05, 0) is 32.6 Å². The molecule has 0 spiro atoms. The van der Waals surface area contributed by atoms with Gasteiger partial charge in [-0.25, -0.2) is 9.59 Å². The lowest BCUT2D eigenvalue weighted by molar-refractivity contribution is -0.144. The molecule has 0 aliphatic heterocycles. The summed E-state index contributed by atoms with van der Waals surface area (Å²) in [6, 6.07) is -0.457. The lowest BCUT2D eigenvalue weighted by Gasteiger charge is -2.26. The molecule has 0 aromatic heterocycles. The molecule has 0 saturated heterocycles. The van der Waals surface area contributed by atoms with Crippen LogP contribution in [0.4, 0.5) is 4.79 Å². The summed E-state index contributed by atoms with van der Waals surface area (Å²) in [5, 5.41) is 14.2. The van der Waals surface area contributed by atoms with Gasteiger partial charge < -0.3 is 20.5 Å². The molecule has 0 radical (unpaired) electrons. The van der Waals surface area contributed by atoms with E-state index in [9.17, 15) is 9.59 Å². The van der Waals surface area contributed by atoms with Crippen LogP contribution in [0.5, 0.6) is 0 Å². The Hall–Kier alpha value is -1.30. The van der Waals surface area contributed by atoms with Gasteiger partial charge in [-0.3, -0.25) is 0 Å². The van der Waals surface area contributed by atoms with E-state index in [4.69, 9.17) is 9.84 Å². The minimum atomic E-state index is -1.16. The molecular formula is C11H20N2O4. The first-order valence-electron chi connectivity index (χ1n) is 5.88. The molecule has 98 valence electrons. The predicted molar refractivity (Wildman–Crippen MR) is 61.8 cm³/mol. The number of nitrogens with one attached hydrogen (secondary N) is 2. The fraction of sp³-hybridized carbons (Fsp3) is 0.818. The highest BCUT2D eigenvalue weighted by molar-refractivity contribution is 5.86. The maximum Gasteiger partial charge on any atom is 0.329 e. The Kier molecular flexibility index (Phi) is 4.74. The van der Waals surface area contributed by atoms with Gasteiger partial charge in [0.25, 0.3) is 0 Å². The van der Waals surface area contributed by atoms with E-state index in [0.29, 0.717) is 19.8 Å². The van der Waals surface area contributed by atoms with Crippen molar-refractivity contribution in [3.05, 3.63) is 0 Å². The summed E-state index contributed by atoms with van der Waals surface area (Å²) >= 11 is 0. The molecule has 1 unspecified atom stereocenters. The van der Waals surface area contributed by atoms with Gasteiger partial charge in [0, 0.05) is 13.2 Å². The van der Waals surface area contributed by atoms with Crippen molar-refractivity contribution in [2.45, 2.75) is 32.2 Å². The fourth-order valence-corrected chi connectivity index (χ4v) is 1.65. The van der Waals surface area contributed by atoms with Gasteiger partial charge in [0.1, 0.15) is 5.54 Å². The number of hydrogen-bond acceptors (Lipinski definition) is 3. The van der Waals surface area contributed by atoms with Crippen LogP contribution in [0, 0.1) is 5.92 Å². The van der Waals surface area contributed by atoms with Crippen molar-refractivity contribution in [3.63, 3.8) is 0 Å². The zero-order valence-electron chi connectivity index (χ0n) is 10.3. The number of carbonyl (C=O) groups is 2. The van der Waals surface area contributed by atoms with Gasteiger partial charge in [0.05, 0.1) is 6.61 Å². The number of rotatable bonds is 7. The Bertz CT molecular complexity index is 291. The molecule has 6 heteroatoms. The van der Waals surface area contributed by atoms with Gasteiger partial charge in [0.15, 0.2) is 0 Å². The Morgan fingerprint density at radius 2 is 2.12 bits per heavy atom. The molecule has 0 bridgehead atoms. The highest BCUT2D eigenvalue weighted by atomic mass is 16.5. The predicted octanol–water partition coefficient (Wildman–Crippen LogP) is 0.575. The van der Waals surface area contributed by atoms with Crippen LogP contribution in [-0.2, 0) is 9.53 Å². The third-order valence-corrected chi connectivity index (χ3v) is 2.95. The largest absolute Gasteiger partial charge is 0.480 e. The third kappa shape index (κ3) is 3.89. The molecule has 3 N–H and O–H groups in total. The summed E-state index contributed by atoms with van der Waals surface area (Å²) in [6.07, 6.45) is 1.70. The summed E-state index contributed by atoms with van der Waals surface area (Å²) in [5.74, 6) is -0.947. The molecule has 1 fully saturated rings. The van der Waals surface area contributed by atoms with Crippen molar-refractivity contribution in [1.29, 1.82) is 0 Å². The normalized spacial score (nSPS) is 18.2. The van der Waals surface area contributed by atoms with Crippen molar-refractivity contribution in [2.24, 2.45) is 5.92 Å². The molecule has 1 rings (SSSR count). The van der Waals surface area contributed by atoms with Crippen LogP contribution in [0.25, 0.3) is 0 Å². The average Bonchev–Trinajstić information content (AvgIpc) is 3.07. The first kappa shape index (κ1) is 13.8. The van der Waals surface area contributed by atoms with E-state index in [-0.39, 0.29) is 5.92 Å². The van der Waals surface area contributed by atoms with E-state index in [0.717, 1.165) is 12.8 Å². The number of carboxylic acids is 1. The molecule has 6 nitrogen and oxygen atoms in total. The van der Waals surface area contributed by atoms with Crippen molar-refractivity contribution in [3.8, 4) is 0 Å². The minimum absolute atomic E-state index is 0.0395. The van der Waals surface area contributed by atoms with Gasteiger partial charge in [-0.1, -0.05) is 0 Å². The average molecular weight is 244 g/mol. The lowest BCUT2D eigenvalue weighted by atomic mass is 9.96. The van der Waals surface area contributed by atoms with Gasteiger partial charge in [-0.15, -0.1) is 0 Å². The number of amides is 2. The van der Waals surface area contributed by atoms with Crippen LogP contribution in [-0.4, -0.2) is 42.4 Å². The first-order chi connectivity index (χ1) is 8.00. The molecule has 0 aromatic carbocycles. The Morgan fingerprint density at radius 3 is 2.59 bits per heavy atom. The molecule has 2 amide bonds. The summed E-state index contributed by atoms with van der Waals surface area (Å²) in [7, 11) is 0. The van der Waals surface area contributed by atoms with E-state index >= 15 is 0 Å². The molecule has 0 heterocycles. The van der Waals surface area contributed by atoms with E-state index in [1.165, 1.54) is 0 Å². The Balaban J connectivity index is 2.35. The molecule has 1 aliphatic carbocycles. The van der Waals surface area contributed by atoms with E-state index < -0.39 is 17.5 Å². The van der Waals surface area contributed by atoms with Crippen molar-refractivity contribution in [1.82, 2.24) is 10.6 Å². The zero-order valence-corrected chi connectivity index (χ0v) is 10.3. The standard InChI is InChI=1S/C11H20N2O4/c1-3-17-7-6-12-10(16)13-11(2,9(14)15)8-4-5-8/h8H,3-7H2,1-2H3,(H,14,15)(H2,12,13,16). The van der Waals surface area contributed by atoms with Gasteiger partial charge in [-0.2, -0.15) is 0 Å². The molecule has 0 aromatic rings. The van der Waals surface area contributed by atoms with Crippen LogP contribution >= 0.6 is 0 Å². The van der Waals surface area contributed by atoms with Crippen LogP contribution in [0.3, 0.4) is 0 Å². The minimum Gasteiger partial charge on any atom is -0.480 e. The monoisotopic (exact) mass is 244 g/mol. The molecule has 1 saturated carbocycles. The highest BCUT2D eigenvalue weighted by Gasteiger charge is 2.48. The van der Waals surface area contributed by atoms with Crippen molar-refractivity contribution >= 4 is 12.0 Å². The molecular weight excluding hydrogens is 224 g/mol. The third-order valence-electron chi connectivity index (χ3n) is 2.95. The summed E-state index contributed by atoms with van der Waals surface area (Å²) < 4.78 is 5.06. The fourth-order valence-electron chi connectivity index (χ4n) is 1.65. The Morgan fingerprint density at radius 1 is 1.47 bits per heavy atom. The highest BCUT2D eigenvalue weighted by Crippen LogP contribution is 2.39. The van der Waals surface area contributed by atoms with Crippen LogP contribution in [0.15, 0.2) is 0 Å². The second kappa shape index (κ2) is 5.86. The first-order valence-corrected chi connectivity index (χ1v) is 5.88. The topological polar surface area (TPSA) is 87.7 Å². The van der Waals surface area contributed by atoms with Crippen LogP contribution in [0.1, 0.15) is 26.7 Å². The van der Waals surface area contributed by atoms with Crippen molar-refractivity contribution in [2.75, 3.05) is 19.8 Å². The Labute approximate surface area is 101 Å². The maximum atomic E-state index is 11.5. The molecule has 1 aliphatic rings. The lowest BCUT2D eigenvalue weighted by Crippen LogP contribution is -2.57. The van der Waals surface area contributed by atoms with Crippen LogP contribution < -0.4 is 10.6 Å². The maximum absolute atomic E-state index is 11.5. The molecule has 1 atom stereocenters. The van der Waals surface area contributed by atoms with Crippen molar-refractivity contribution < 1.29 is 19.4 Å². The number of carboxylic acid groups (broad SMARTS) is 1. The van der Waals surface area contributed by atoms with E-state index in [2.05, 4.69) is 10.6 Å². The second-order valence-corrected chi connectivity index (χ2v) is 4.36. The smallest absolute Gasteiger partial charge is 0.329 e. The van der Waals surface area contributed by atoms with Gasteiger partial charge in [0.2, 0.25) is 0 Å². The summed E-state index contributed by atoms with van der Waals surface area (Å²) in [6.45, 7) is 4.82. The number of urea groups is 1. The number of aliphatic carboxylic acids is 1. The summed E-state index contributed by atoms with van der Waals surface area (Å²) in [5.41, 5.74) is -1.16. The number of hydrogen-bond donors (Lipinski definition) is 3. The quantitative estimate of drug-likeness (QED) is 0.571. The number of ether oxygens (including phenoxy) is 1. The van der Waals surface area contributed by atoms with Crippen LogP contribution in [0.2, 0.25) is 0 Å². The second-order valence-electron chi connectivity index (χ2n) is 4.36. The van der Waals surface area contributed by atoms with Gasteiger partial charge >= 0.3 is 12.0 Å². The summed E-state index contributed by atoms with van der Waals surface area (Å²) in [4.78, 5) is 22.7. The molecule has 17 heavy (non-hydrogen) atoms. The van der Waals surface area contributed by atoms with E-state index in [1.807, 2.05) is 6.92 Å².